The quantitative estimate of drug-likeness (QED) is 0.275. The van der Waals surface area contributed by atoms with Gasteiger partial charge in [0.25, 0.3) is 5.56 Å². The van der Waals surface area contributed by atoms with Crippen LogP contribution in [0, 0.1) is 6.92 Å². The Balaban J connectivity index is 1.61. The Bertz CT molecular complexity index is 1180. The second-order valence-corrected chi connectivity index (χ2v) is 7.69. The van der Waals surface area contributed by atoms with Crippen molar-refractivity contribution >= 4 is 33.3 Å². The van der Waals surface area contributed by atoms with Gasteiger partial charge in [-0.15, -0.1) is 17.9 Å². The first kappa shape index (κ1) is 17.7. The molecule has 1 aromatic carbocycles. The van der Waals surface area contributed by atoms with E-state index in [1.807, 2.05) is 36.6 Å². The highest BCUT2D eigenvalue weighted by Crippen LogP contribution is 2.25. The number of fused-ring (bicyclic) bond motifs is 1. The largest absolute Gasteiger partial charge is 0.338 e. The molecule has 0 aliphatic rings. The summed E-state index contributed by atoms with van der Waals surface area (Å²) in [5.74, 6) is 1.48. The van der Waals surface area contributed by atoms with Crippen molar-refractivity contribution in [3.8, 4) is 11.4 Å². The standard InChI is InChI=1S/C19H16N4O2S2/c1-3-9-23-18(24)14-8-10-26-17(14)21-19(23)27-11-15-20-16(22-25-15)13-7-5-4-6-12(13)2/h3-8,10H,1,9,11H2,2H3. The van der Waals surface area contributed by atoms with Crippen molar-refractivity contribution in [2.75, 3.05) is 0 Å². The molecule has 0 N–H and O–H groups in total. The molecule has 0 radical (unpaired) electrons. The zero-order chi connectivity index (χ0) is 18.8. The van der Waals surface area contributed by atoms with E-state index >= 15 is 0 Å². The van der Waals surface area contributed by atoms with E-state index in [-0.39, 0.29) is 5.56 Å². The fourth-order valence-electron chi connectivity index (χ4n) is 2.70. The first-order valence-electron chi connectivity index (χ1n) is 8.27. The van der Waals surface area contributed by atoms with Crippen LogP contribution in [0.1, 0.15) is 11.5 Å². The molecule has 136 valence electrons. The molecule has 0 spiro atoms. The lowest BCUT2D eigenvalue weighted by Crippen LogP contribution is -2.22. The van der Waals surface area contributed by atoms with Gasteiger partial charge in [-0.05, 0) is 23.9 Å². The third-order valence-corrected chi connectivity index (χ3v) is 5.81. The Labute approximate surface area is 163 Å². The molecule has 0 unspecified atom stereocenters. The van der Waals surface area contributed by atoms with Gasteiger partial charge >= 0.3 is 0 Å². The summed E-state index contributed by atoms with van der Waals surface area (Å²) in [4.78, 5) is 22.5. The summed E-state index contributed by atoms with van der Waals surface area (Å²) in [6, 6.07) is 9.69. The van der Waals surface area contributed by atoms with Crippen LogP contribution in [0.3, 0.4) is 0 Å². The number of benzene rings is 1. The second-order valence-electron chi connectivity index (χ2n) is 5.85. The van der Waals surface area contributed by atoms with E-state index < -0.39 is 0 Å². The van der Waals surface area contributed by atoms with Crippen molar-refractivity contribution in [2.45, 2.75) is 24.4 Å². The summed E-state index contributed by atoms with van der Waals surface area (Å²) in [6.45, 7) is 6.14. The first-order valence-corrected chi connectivity index (χ1v) is 10.1. The molecule has 8 heteroatoms. The van der Waals surface area contributed by atoms with Crippen LogP contribution >= 0.6 is 23.1 Å². The van der Waals surface area contributed by atoms with Gasteiger partial charge in [-0.25, -0.2) is 4.98 Å². The van der Waals surface area contributed by atoms with Gasteiger partial charge in [-0.3, -0.25) is 9.36 Å². The smallest absolute Gasteiger partial charge is 0.263 e. The van der Waals surface area contributed by atoms with Gasteiger partial charge in [0, 0.05) is 12.1 Å². The lowest BCUT2D eigenvalue weighted by Gasteiger charge is -2.08. The van der Waals surface area contributed by atoms with Crippen molar-refractivity contribution in [3.05, 3.63) is 70.2 Å². The maximum absolute atomic E-state index is 12.7. The Hall–Kier alpha value is -2.71. The zero-order valence-electron chi connectivity index (χ0n) is 14.6. The van der Waals surface area contributed by atoms with Crippen LogP contribution < -0.4 is 5.56 Å². The third kappa shape index (κ3) is 3.45. The van der Waals surface area contributed by atoms with Crippen LogP contribution in [-0.2, 0) is 12.3 Å². The minimum atomic E-state index is -0.0604. The number of thioether (sulfide) groups is 1. The van der Waals surface area contributed by atoms with Crippen LogP contribution in [-0.4, -0.2) is 19.7 Å². The monoisotopic (exact) mass is 396 g/mol. The predicted octanol–water partition coefficient (Wildman–Crippen LogP) is 4.29. The van der Waals surface area contributed by atoms with E-state index in [1.165, 1.54) is 23.1 Å². The minimum absolute atomic E-state index is 0.0604. The van der Waals surface area contributed by atoms with Gasteiger partial charge in [0.15, 0.2) is 5.16 Å². The van der Waals surface area contributed by atoms with Crippen molar-refractivity contribution in [1.29, 1.82) is 0 Å². The maximum Gasteiger partial charge on any atom is 0.263 e. The Morgan fingerprint density at radius 3 is 2.96 bits per heavy atom. The van der Waals surface area contributed by atoms with Gasteiger partial charge in [0.1, 0.15) is 4.83 Å². The number of nitrogens with zero attached hydrogens (tertiary/aromatic N) is 4. The number of hydrogen-bond acceptors (Lipinski definition) is 7. The fraction of sp³-hybridized carbons (Fsp3) is 0.158. The number of aromatic nitrogens is 4. The molecular weight excluding hydrogens is 380 g/mol. The molecule has 3 aromatic heterocycles. The molecule has 0 fully saturated rings. The van der Waals surface area contributed by atoms with Crippen molar-refractivity contribution in [1.82, 2.24) is 19.7 Å². The number of thiophene rings is 1. The first-order chi connectivity index (χ1) is 13.2. The molecular formula is C19H16N4O2S2. The molecule has 0 aliphatic heterocycles. The van der Waals surface area contributed by atoms with E-state index in [0.717, 1.165) is 16.0 Å². The minimum Gasteiger partial charge on any atom is -0.338 e. The second kappa shape index (κ2) is 7.50. The molecule has 0 bridgehead atoms. The van der Waals surface area contributed by atoms with Gasteiger partial charge < -0.3 is 4.52 Å². The molecule has 4 rings (SSSR count). The molecule has 0 amide bonds. The average molecular weight is 396 g/mol. The van der Waals surface area contributed by atoms with Crippen molar-refractivity contribution < 1.29 is 4.52 Å². The average Bonchev–Trinajstić information content (AvgIpc) is 3.32. The van der Waals surface area contributed by atoms with E-state index in [1.54, 1.807) is 16.7 Å². The lowest BCUT2D eigenvalue weighted by atomic mass is 10.1. The highest BCUT2D eigenvalue weighted by molar-refractivity contribution is 7.98. The van der Waals surface area contributed by atoms with Gasteiger partial charge in [0.2, 0.25) is 11.7 Å². The van der Waals surface area contributed by atoms with E-state index in [4.69, 9.17) is 4.52 Å². The highest BCUT2D eigenvalue weighted by atomic mass is 32.2. The Morgan fingerprint density at radius 2 is 2.15 bits per heavy atom. The molecule has 0 aliphatic carbocycles. The van der Waals surface area contributed by atoms with Crippen LogP contribution in [0.4, 0.5) is 0 Å². The molecule has 27 heavy (non-hydrogen) atoms. The van der Waals surface area contributed by atoms with Gasteiger partial charge in [0.05, 0.1) is 11.1 Å². The highest BCUT2D eigenvalue weighted by Gasteiger charge is 2.15. The van der Waals surface area contributed by atoms with Crippen LogP contribution in [0.2, 0.25) is 0 Å². The SMILES string of the molecule is C=CCn1c(SCc2nc(-c3ccccc3C)no2)nc2sccc2c1=O. The van der Waals surface area contributed by atoms with E-state index in [2.05, 4.69) is 21.7 Å². The van der Waals surface area contributed by atoms with Crippen molar-refractivity contribution in [3.63, 3.8) is 0 Å². The molecule has 6 nitrogen and oxygen atoms in total. The summed E-state index contributed by atoms with van der Waals surface area (Å²) in [6.07, 6.45) is 1.69. The lowest BCUT2D eigenvalue weighted by molar-refractivity contribution is 0.391. The van der Waals surface area contributed by atoms with Crippen LogP contribution in [0.15, 0.2) is 62.8 Å². The van der Waals surface area contributed by atoms with E-state index in [0.29, 0.717) is 34.6 Å². The molecule has 4 aromatic rings. The fourth-order valence-corrected chi connectivity index (χ4v) is 4.35. The Morgan fingerprint density at radius 1 is 1.30 bits per heavy atom. The van der Waals surface area contributed by atoms with Crippen LogP contribution in [0.5, 0.6) is 0 Å². The summed E-state index contributed by atoms with van der Waals surface area (Å²) in [5.41, 5.74) is 1.97. The normalized spacial score (nSPS) is 11.1. The number of hydrogen-bond donors (Lipinski definition) is 0. The topological polar surface area (TPSA) is 73.8 Å². The molecule has 0 atom stereocenters. The van der Waals surface area contributed by atoms with Crippen LogP contribution in [0.25, 0.3) is 21.6 Å². The number of rotatable bonds is 6. The summed E-state index contributed by atoms with van der Waals surface area (Å²) < 4.78 is 7.00. The van der Waals surface area contributed by atoms with Gasteiger partial charge in [-0.2, -0.15) is 4.98 Å². The summed E-state index contributed by atoms with van der Waals surface area (Å²) >= 11 is 2.85. The van der Waals surface area contributed by atoms with E-state index in [9.17, 15) is 4.79 Å². The third-order valence-electron chi connectivity index (χ3n) is 4.04. The van der Waals surface area contributed by atoms with Gasteiger partial charge in [-0.1, -0.05) is 47.3 Å². The zero-order valence-corrected chi connectivity index (χ0v) is 16.2. The summed E-state index contributed by atoms with van der Waals surface area (Å²) in [7, 11) is 0. The molecule has 0 saturated heterocycles. The van der Waals surface area contributed by atoms with Crippen molar-refractivity contribution in [2.24, 2.45) is 0 Å². The predicted molar refractivity (Wildman–Crippen MR) is 108 cm³/mol. The molecule has 0 saturated carbocycles. The molecule has 3 heterocycles. The number of aryl methyl sites for hydroxylation is 1. The maximum atomic E-state index is 12.7. The number of allylic oxidation sites excluding steroid dienone is 1. The Kier molecular flexibility index (Phi) is 4.91. The summed E-state index contributed by atoms with van der Waals surface area (Å²) in [5, 5.41) is 7.19.